The van der Waals surface area contributed by atoms with Crippen molar-refractivity contribution in [2.24, 2.45) is 0 Å². The van der Waals surface area contributed by atoms with E-state index in [0.717, 1.165) is 17.1 Å². The fourth-order valence-electron chi connectivity index (χ4n) is 1.31. The normalized spacial score (nSPS) is 17.0. The Bertz CT molecular complexity index is 383. The summed E-state index contributed by atoms with van der Waals surface area (Å²) >= 11 is 0. The molecule has 0 amide bonds. The molecule has 0 atom stereocenters. The first-order chi connectivity index (χ1) is 5.93. The zero-order valence-electron chi connectivity index (χ0n) is 6.49. The Kier molecular flexibility index (Phi) is 1.03. The van der Waals surface area contributed by atoms with Gasteiger partial charge in [-0.05, 0) is 12.8 Å². The van der Waals surface area contributed by atoms with E-state index < -0.39 is 0 Å². The number of hydrogen-bond acceptors (Lipinski definition) is 3. The van der Waals surface area contributed by atoms with Gasteiger partial charge in [-0.2, -0.15) is 0 Å². The van der Waals surface area contributed by atoms with E-state index in [1.165, 1.54) is 12.8 Å². The summed E-state index contributed by atoms with van der Waals surface area (Å²) in [7, 11) is 0. The number of H-pyrrole nitrogens is 1. The van der Waals surface area contributed by atoms with Crippen molar-refractivity contribution in [3.63, 3.8) is 0 Å². The minimum absolute atomic E-state index is 0.640. The second kappa shape index (κ2) is 2.03. The molecule has 3 rings (SSSR count). The predicted molar refractivity (Wildman–Crippen MR) is 43.7 cm³/mol. The summed E-state index contributed by atoms with van der Waals surface area (Å²) in [6.07, 6.45) is 5.84. The van der Waals surface area contributed by atoms with Gasteiger partial charge in [0.2, 0.25) is 0 Å². The predicted octanol–water partition coefficient (Wildman–Crippen LogP) is 1.23. The summed E-state index contributed by atoms with van der Waals surface area (Å²) in [5.41, 5.74) is 1.54. The van der Waals surface area contributed by atoms with Crippen LogP contribution in [0.1, 0.15) is 24.6 Å². The number of aromatic amines is 1. The second-order valence-corrected chi connectivity index (χ2v) is 3.12. The smallest absolute Gasteiger partial charge is 0.197 e. The van der Waals surface area contributed by atoms with Crippen LogP contribution in [0.4, 0.5) is 0 Å². The first kappa shape index (κ1) is 6.11. The van der Waals surface area contributed by atoms with Crippen molar-refractivity contribution in [3.05, 3.63) is 18.2 Å². The third-order valence-electron chi connectivity index (χ3n) is 2.12. The van der Waals surface area contributed by atoms with E-state index in [9.17, 15) is 0 Å². The Morgan fingerprint density at radius 2 is 2.08 bits per heavy atom. The fraction of sp³-hybridized carbons (Fsp3) is 0.375. The minimum atomic E-state index is 0.640. The molecular weight excluding hydrogens is 152 g/mol. The van der Waals surface area contributed by atoms with Crippen molar-refractivity contribution in [2.45, 2.75) is 18.8 Å². The van der Waals surface area contributed by atoms with Gasteiger partial charge in [-0.3, -0.25) is 0 Å². The maximum atomic E-state index is 4.35. The summed E-state index contributed by atoms with van der Waals surface area (Å²) in [6, 6.07) is 0. The average molecular weight is 160 g/mol. The molecule has 4 nitrogen and oxygen atoms in total. The van der Waals surface area contributed by atoms with Gasteiger partial charge in [-0.25, -0.2) is 15.0 Å². The molecule has 0 aromatic carbocycles. The summed E-state index contributed by atoms with van der Waals surface area (Å²) in [6.45, 7) is 0. The van der Waals surface area contributed by atoms with Crippen molar-refractivity contribution in [1.82, 2.24) is 19.9 Å². The SMILES string of the molecule is c1cnc2[nH]c(C3CC3)nc2n1. The molecule has 0 radical (unpaired) electrons. The maximum Gasteiger partial charge on any atom is 0.197 e. The lowest BCUT2D eigenvalue weighted by molar-refractivity contribution is 0.982. The minimum Gasteiger partial charge on any atom is -0.325 e. The number of imidazole rings is 1. The molecule has 2 aromatic heterocycles. The summed E-state index contributed by atoms with van der Waals surface area (Å²) < 4.78 is 0. The fourth-order valence-corrected chi connectivity index (χ4v) is 1.31. The highest BCUT2D eigenvalue weighted by Gasteiger charge is 2.26. The Morgan fingerprint density at radius 3 is 2.83 bits per heavy atom. The van der Waals surface area contributed by atoms with Crippen molar-refractivity contribution >= 4 is 11.3 Å². The monoisotopic (exact) mass is 160 g/mol. The van der Waals surface area contributed by atoms with Crippen LogP contribution in [0.3, 0.4) is 0 Å². The van der Waals surface area contributed by atoms with E-state index in [0.29, 0.717) is 5.92 Å². The van der Waals surface area contributed by atoms with E-state index >= 15 is 0 Å². The highest BCUT2D eigenvalue weighted by Crippen LogP contribution is 2.38. The molecule has 0 saturated heterocycles. The molecule has 1 fully saturated rings. The number of nitrogens with one attached hydrogen (secondary N) is 1. The van der Waals surface area contributed by atoms with E-state index in [1.54, 1.807) is 12.4 Å². The van der Waals surface area contributed by atoms with E-state index in [4.69, 9.17) is 0 Å². The van der Waals surface area contributed by atoms with Crippen LogP contribution in [0.15, 0.2) is 12.4 Å². The molecular formula is C8H8N4. The number of hydrogen-bond donors (Lipinski definition) is 1. The Balaban J connectivity index is 2.23. The van der Waals surface area contributed by atoms with Crippen molar-refractivity contribution in [1.29, 1.82) is 0 Å². The topological polar surface area (TPSA) is 54.5 Å². The maximum absolute atomic E-state index is 4.35. The molecule has 2 aromatic rings. The zero-order valence-corrected chi connectivity index (χ0v) is 6.49. The summed E-state index contributed by atoms with van der Waals surface area (Å²) in [4.78, 5) is 15.8. The molecule has 1 aliphatic rings. The van der Waals surface area contributed by atoms with Gasteiger partial charge in [0.25, 0.3) is 0 Å². The quantitative estimate of drug-likeness (QED) is 0.682. The lowest BCUT2D eigenvalue weighted by Gasteiger charge is -1.83. The van der Waals surface area contributed by atoms with Crippen LogP contribution in [0.2, 0.25) is 0 Å². The van der Waals surface area contributed by atoms with Crippen molar-refractivity contribution in [3.8, 4) is 0 Å². The van der Waals surface area contributed by atoms with Gasteiger partial charge in [-0.1, -0.05) is 0 Å². The molecule has 12 heavy (non-hydrogen) atoms. The lowest BCUT2D eigenvalue weighted by Crippen LogP contribution is -1.79. The summed E-state index contributed by atoms with van der Waals surface area (Å²) in [5, 5.41) is 0. The molecule has 1 aliphatic carbocycles. The van der Waals surface area contributed by atoms with Gasteiger partial charge in [0, 0.05) is 18.3 Å². The third kappa shape index (κ3) is 0.809. The molecule has 2 heterocycles. The number of nitrogens with zero attached hydrogens (tertiary/aromatic N) is 3. The van der Waals surface area contributed by atoms with E-state index in [-0.39, 0.29) is 0 Å². The molecule has 4 heteroatoms. The van der Waals surface area contributed by atoms with Crippen LogP contribution in [0, 0.1) is 0 Å². The van der Waals surface area contributed by atoms with Crippen LogP contribution < -0.4 is 0 Å². The number of aromatic nitrogens is 4. The molecule has 1 N–H and O–H groups in total. The van der Waals surface area contributed by atoms with Gasteiger partial charge >= 0.3 is 0 Å². The zero-order chi connectivity index (χ0) is 7.97. The largest absolute Gasteiger partial charge is 0.325 e. The Morgan fingerprint density at radius 1 is 1.25 bits per heavy atom. The molecule has 60 valence electrons. The average Bonchev–Trinajstić information content (AvgIpc) is 2.85. The molecule has 1 saturated carbocycles. The Hall–Kier alpha value is -1.45. The first-order valence-corrected chi connectivity index (χ1v) is 4.10. The van der Waals surface area contributed by atoms with Crippen LogP contribution in [0.5, 0.6) is 0 Å². The highest BCUT2D eigenvalue weighted by atomic mass is 15.0. The molecule has 0 unspecified atom stereocenters. The van der Waals surface area contributed by atoms with Crippen molar-refractivity contribution < 1.29 is 0 Å². The first-order valence-electron chi connectivity index (χ1n) is 4.10. The van der Waals surface area contributed by atoms with Crippen LogP contribution in [-0.4, -0.2) is 19.9 Å². The third-order valence-corrected chi connectivity index (χ3v) is 2.12. The van der Waals surface area contributed by atoms with Crippen LogP contribution >= 0.6 is 0 Å². The number of fused-ring (bicyclic) bond motifs is 1. The molecule has 0 spiro atoms. The van der Waals surface area contributed by atoms with Crippen molar-refractivity contribution in [2.75, 3.05) is 0 Å². The van der Waals surface area contributed by atoms with Crippen LogP contribution in [0.25, 0.3) is 11.3 Å². The van der Waals surface area contributed by atoms with E-state index in [2.05, 4.69) is 19.9 Å². The van der Waals surface area contributed by atoms with Gasteiger partial charge in [0.1, 0.15) is 5.82 Å². The Labute approximate surface area is 69.1 Å². The van der Waals surface area contributed by atoms with E-state index in [1.807, 2.05) is 0 Å². The van der Waals surface area contributed by atoms with Gasteiger partial charge in [0.05, 0.1) is 0 Å². The lowest BCUT2D eigenvalue weighted by atomic mass is 10.4. The molecule has 0 aliphatic heterocycles. The van der Waals surface area contributed by atoms with Crippen LogP contribution in [-0.2, 0) is 0 Å². The summed E-state index contributed by atoms with van der Waals surface area (Å²) in [5.74, 6) is 1.69. The number of rotatable bonds is 1. The molecule has 0 bridgehead atoms. The van der Waals surface area contributed by atoms with Gasteiger partial charge in [-0.15, -0.1) is 0 Å². The van der Waals surface area contributed by atoms with Gasteiger partial charge in [0.15, 0.2) is 11.3 Å². The highest BCUT2D eigenvalue weighted by molar-refractivity contribution is 5.64. The second-order valence-electron chi connectivity index (χ2n) is 3.12. The standard InChI is InChI=1S/C8H8N4/c1-2-5(1)6-11-7-8(12-6)10-4-3-9-7/h3-5H,1-2H2,(H,9,10,11,12). The van der Waals surface area contributed by atoms with Gasteiger partial charge < -0.3 is 4.98 Å².